The van der Waals surface area contributed by atoms with E-state index in [1.165, 1.54) is 11.0 Å². The highest BCUT2D eigenvalue weighted by Crippen LogP contribution is 2.10. The Balaban J connectivity index is 2.57. The van der Waals surface area contributed by atoms with E-state index in [2.05, 4.69) is 4.98 Å². The average molecular weight is 254 g/mol. The molecule has 1 aromatic rings. The molecule has 1 aromatic heterocycles. The lowest BCUT2D eigenvalue weighted by atomic mass is 10.1. The highest BCUT2D eigenvalue weighted by molar-refractivity contribution is 7.09. The van der Waals surface area contributed by atoms with Crippen molar-refractivity contribution in [3.8, 4) is 0 Å². The van der Waals surface area contributed by atoms with Gasteiger partial charge in [0.25, 0.3) is 0 Å². The van der Waals surface area contributed by atoms with E-state index in [1.54, 1.807) is 38.3 Å². The van der Waals surface area contributed by atoms with Crippen LogP contribution in [0.15, 0.2) is 11.5 Å². The molecule has 5 heteroatoms. The second-order valence-corrected chi connectivity index (χ2v) is 5.69. The summed E-state index contributed by atoms with van der Waals surface area (Å²) in [4.78, 5) is 17.4. The average Bonchev–Trinajstić information content (AvgIpc) is 2.58. The van der Waals surface area contributed by atoms with Crippen molar-refractivity contribution >= 4 is 23.3 Å². The van der Waals surface area contributed by atoms with E-state index in [1.807, 2.05) is 12.3 Å². The fraction of sp³-hybridized carbons (Fsp3) is 0.500. The summed E-state index contributed by atoms with van der Waals surface area (Å²) >= 11 is 1.55. The van der Waals surface area contributed by atoms with Gasteiger partial charge in [-0.15, -0.1) is 11.3 Å². The first-order valence-corrected chi connectivity index (χ1v) is 6.23. The highest BCUT2D eigenvalue weighted by atomic mass is 32.1. The van der Waals surface area contributed by atoms with Crippen molar-refractivity contribution < 1.29 is 9.90 Å². The smallest absolute Gasteiger partial charge is 0.246 e. The van der Waals surface area contributed by atoms with Crippen LogP contribution in [0.2, 0.25) is 0 Å². The van der Waals surface area contributed by atoms with Crippen LogP contribution in [0.4, 0.5) is 0 Å². The third-order valence-corrected chi connectivity index (χ3v) is 2.83. The van der Waals surface area contributed by atoms with E-state index in [0.717, 1.165) is 10.7 Å². The lowest BCUT2D eigenvalue weighted by Crippen LogP contribution is -2.38. The number of hydrogen-bond donors (Lipinski definition) is 1. The van der Waals surface area contributed by atoms with Crippen molar-refractivity contribution in [1.82, 2.24) is 9.88 Å². The van der Waals surface area contributed by atoms with Gasteiger partial charge >= 0.3 is 0 Å². The van der Waals surface area contributed by atoms with Crippen molar-refractivity contribution in [2.45, 2.75) is 26.4 Å². The molecule has 0 saturated heterocycles. The van der Waals surface area contributed by atoms with Crippen LogP contribution in [0.25, 0.3) is 6.08 Å². The summed E-state index contributed by atoms with van der Waals surface area (Å²) in [6.45, 7) is 5.56. The maximum atomic E-state index is 11.7. The zero-order chi connectivity index (χ0) is 13.1. The Morgan fingerprint density at radius 3 is 2.76 bits per heavy atom. The summed E-state index contributed by atoms with van der Waals surface area (Å²) in [5.41, 5.74) is -0.0901. The minimum absolute atomic E-state index is 0.141. The molecule has 0 bridgehead atoms. The number of nitrogens with zero attached hydrogens (tertiary/aromatic N) is 2. The molecule has 0 radical (unpaired) electrons. The minimum Gasteiger partial charge on any atom is -0.389 e. The van der Waals surface area contributed by atoms with Gasteiger partial charge in [-0.05, 0) is 26.8 Å². The van der Waals surface area contributed by atoms with E-state index in [0.29, 0.717) is 6.54 Å². The summed E-state index contributed by atoms with van der Waals surface area (Å²) in [7, 11) is 1.66. The van der Waals surface area contributed by atoms with Gasteiger partial charge in [-0.3, -0.25) is 4.79 Å². The topological polar surface area (TPSA) is 53.4 Å². The molecule has 17 heavy (non-hydrogen) atoms. The lowest BCUT2D eigenvalue weighted by Gasteiger charge is -2.24. The molecule has 1 heterocycles. The quantitative estimate of drug-likeness (QED) is 0.832. The summed E-state index contributed by atoms with van der Waals surface area (Å²) in [6, 6.07) is 0. The van der Waals surface area contributed by atoms with Crippen molar-refractivity contribution in [3.63, 3.8) is 0 Å². The Morgan fingerprint density at radius 1 is 1.65 bits per heavy atom. The molecule has 0 spiro atoms. The van der Waals surface area contributed by atoms with Gasteiger partial charge in [0.05, 0.1) is 16.3 Å². The summed E-state index contributed by atoms with van der Waals surface area (Å²) < 4.78 is 0. The molecule has 0 aliphatic heterocycles. The van der Waals surface area contributed by atoms with E-state index >= 15 is 0 Å². The monoisotopic (exact) mass is 254 g/mol. The van der Waals surface area contributed by atoms with Crippen LogP contribution in [-0.4, -0.2) is 40.1 Å². The molecule has 1 N–H and O–H groups in total. The van der Waals surface area contributed by atoms with Gasteiger partial charge in [0, 0.05) is 25.0 Å². The maximum absolute atomic E-state index is 11.7. The molecule has 0 fully saturated rings. The van der Waals surface area contributed by atoms with Crippen LogP contribution in [0.5, 0.6) is 0 Å². The van der Waals surface area contributed by atoms with Crippen LogP contribution < -0.4 is 0 Å². The number of aryl methyl sites for hydroxylation is 1. The predicted octanol–water partition coefficient (Wildman–Crippen LogP) is 1.69. The Labute approximate surface area is 106 Å². The second kappa shape index (κ2) is 5.42. The molecule has 0 aliphatic rings. The zero-order valence-electron chi connectivity index (χ0n) is 10.6. The van der Waals surface area contributed by atoms with E-state index in [4.69, 9.17) is 0 Å². The number of likely N-dealkylation sites (N-methyl/N-ethyl adjacent to an activating group) is 1. The number of aliphatic hydroxyl groups is 1. The first kappa shape index (κ1) is 13.9. The maximum Gasteiger partial charge on any atom is 0.246 e. The molecule has 1 amide bonds. The summed E-state index contributed by atoms with van der Waals surface area (Å²) in [5, 5.41) is 12.5. The molecule has 1 rings (SSSR count). The number of thiazole rings is 1. The highest BCUT2D eigenvalue weighted by Gasteiger charge is 2.17. The number of aromatic nitrogens is 1. The first-order chi connectivity index (χ1) is 7.78. The number of hydrogen-bond acceptors (Lipinski definition) is 4. The number of rotatable bonds is 4. The van der Waals surface area contributed by atoms with Gasteiger partial charge < -0.3 is 10.0 Å². The standard InChI is InChI=1S/C12H18N2O2S/c1-9-13-10(7-17-9)5-6-11(15)14(4)8-12(2,3)16/h5-7,16H,8H2,1-4H3. The summed E-state index contributed by atoms with van der Waals surface area (Å²) in [5.74, 6) is -0.141. The molecule has 0 saturated carbocycles. The Bertz CT molecular complexity index is 418. The van der Waals surface area contributed by atoms with Gasteiger partial charge in [-0.1, -0.05) is 0 Å². The molecular weight excluding hydrogens is 236 g/mol. The lowest BCUT2D eigenvalue weighted by molar-refractivity contribution is -0.127. The number of carbonyl (C=O) groups excluding carboxylic acids is 1. The molecule has 4 nitrogen and oxygen atoms in total. The number of carbonyl (C=O) groups is 1. The molecule has 0 atom stereocenters. The zero-order valence-corrected chi connectivity index (χ0v) is 11.4. The van der Waals surface area contributed by atoms with Gasteiger partial charge in [0.1, 0.15) is 0 Å². The van der Waals surface area contributed by atoms with Crippen molar-refractivity contribution in [2.75, 3.05) is 13.6 Å². The molecular formula is C12H18N2O2S. The first-order valence-electron chi connectivity index (χ1n) is 5.35. The van der Waals surface area contributed by atoms with Crippen molar-refractivity contribution in [1.29, 1.82) is 0 Å². The Morgan fingerprint density at radius 2 is 2.29 bits per heavy atom. The Hall–Kier alpha value is -1.20. The molecule has 0 unspecified atom stereocenters. The Kier molecular flexibility index (Phi) is 4.42. The van der Waals surface area contributed by atoms with Crippen molar-refractivity contribution in [2.24, 2.45) is 0 Å². The van der Waals surface area contributed by atoms with Crippen LogP contribution in [0.3, 0.4) is 0 Å². The van der Waals surface area contributed by atoms with Gasteiger partial charge in [0.15, 0.2) is 0 Å². The van der Waals surface area contributed by atoms with E-state index < -0.39 is 5.60 Å². The van der Waals surface area contributed by atoms with Crippen LogP contribution in [0.1, 0.15) is 24.5 Å². The van der Waals surface area contributed by atoms with Gasteiger partial charge in [-0.25, -0.2) is 4.98 Å². The fourth-order valence-electron chi connectivity index (χ4n) is 1.40. The van der Waals surface area contributed by atoms with Gasteiger partial charge in [0.2, 0.25) is 5.91 Å². The third kappa shape index (κ3) is 5.10. The third-order valence-electron chi connectivity index (χ3n) is 2.03. The second-order valence-electron chi connectivity index (χ2n) is 4.63. The largest absolute Gasteiger partial charge is 0.389 e. The molecule has 94 valence electrons. The SMILES string of the molecule is Cc1nc(C=CC(=O)N(C)CC(C)(C)O)cs1. The molecule has 0 aromatic carbocycles. The minimum atomic E-state index is -0.879. The normalized spacial score (nSPS) is 12.1. The van der Waals surface area contributed by atoms with Crippen molar-refractivity contribution in [3.05, 3.63) is 22.2 Å². The predicted molar refractivity (Wildman–Crippen MR) is 69.8 cm³/mol. The molecule has 0 aliphatic carbocycles. The van der Waals surface area contributed by atoms with E-state index in [9.17, 15) is 9.90 Å². The van der Waals surface area contributed by atoms with E-state index in [-0.39, 0.29) is 5.91 Å². The van der Waals surface area contributed by atoms with Gasteiger partial charge in [-0.2, -0.15) is 0 Å². The summed E-state index contributed by atoms with van der Waals surface area (Å²) in [6.07, 6.45) is 3.16. The van der Waals surface area contributed by atoms with Crippen LogP contribution in [-0.2, 0) is 4.79 Å². The fourth-order valence-corrected chi connectivity index (χ4v) is 1.98. The number of amides is 1. The van der Waals surface area contributed by atoms with Crippen LogP contribution >= 0.6 is 11.3 Å². The van der Waals surface area contributed by atoms with Crippen LogP contribution in [0, 0.1) is 6.92 Å².